The highest BCUT2D eigenvalue weighted by Crippen LogP contribution is 2.34. The monoisotopic (exact) mass is 310 g/mol. The summed E-state index contributed by atoms with van der Waals surface area (Å²) in [5, 5.41) is 10.8. The Bertz CT molecular complexity index is 560. The van der Waals surface area contributed by atoms with Gasteiger partial charge in [-0.25, -0.2) is 4.79 Å². The van der Waals surface area contributed by atoms with E-state index in [4.69, 9.17) is 0 Å². The second-order valence-corrected chi connectivity index (χ2v) is 3.39. The summed E-state index contributed by atoms with van der Waals surface area (Å²) in [6.07, 6.45) is -5.13. The fraction of sp³-hybridized carbons (Fsp3) is 0.400. The highest BCUT2D eigenvalue weighted by molar-refractivity contribution is 5.93. The number of rotatable bonds is 5. The van der Waals surface area contributed by atoms with Crippen LogP contribution in [0.1, 0.15) is 17.3 Å². The smallest absolute Gasteiger partial charge is 0.489 e. The first-order valence-electron chi connectivity index (χ1n) is 5.35. The van der Waals surface area contributed by atoms with Gasteiger partial charge in [0.15, 0.2) is 5.56 Å². The van der Waals surface area contributed by atoms with Crippen molar-refractivity contribution in [3.8, 4) is 11.6 Å². The summed E-state index contributed by atoms with van der Waals surface area (Å²) in [5.74, 6) is -4.02. The fourth-order valence-electron chi connectivity index (χ4n) is 1.30. The van der Waals surface area contributed by atoms with Crippen LogP contribution in [0.5, 0.6) is 11.6 Å². The van der Waals surface area contributed by atoms with E-state index in [2.05, 4.69) is 19.2 Å². The van der Waals surface area contributed by atoms with Crippen molar-refractivity contribution in [2.75, 3.05) is 13.7 Å². The number of esters is 1. The van der Waals surface area contributed by atoms with E-state index in [9.17, 15) is 28.1 Å². The van der Waals surface area contributed by atoms with Crippen LogP contribution in [0.2, 0.25) is 0 Å². The first-order valence-corrected chi connectivity index (χ1v) is 5.35. The zero-order valence-corrected chi connectivity index (χ0v) is 10.8. The Balaban J connectivity index is 3.40. The quantitative estimate of drug-likeness (QED) is 0.466. The molecule has 0 aliphatic heterocycles. The molecule has 0 radical (unpaired) electrons. The van der Waals surface area contributed by atoms with E-state index in [1.54, 1.807) is 0 Å². The van der Waals surface area contributed by atoms with E-state index in [1.165, 1.54) is 6.92 Å². The number of aromatic nitrogens is 1. The second-order valence-electron chi connectivity index (χ2n) is 3.39. The fourth-order valence-corrected chi connectivity index (χ4v) is 1.30. The number of ether oxygens (including phenoxy) is 3. The molecule has 0 bridgehead atoms. The van der Waals surface area contributed by atoms with Gasteiger partial charge in [-0.2, -0.15) is 0 Å². The maximum atomic E-state index is 12.2. The second kappa shape index (κ2) is 6.24. The van der Waals surface area contributed by atoms with E-state index in [-0.39, 0.29) is 6.61 Å². The van der Waals surface area contributed by atoms with E-state index in [1.807, 2.05) is 0 Å². The maximum Gasteiger partial charge on any atom is 0.575 e. The maximum absolute atomic E-state index is 12.2. The van der Waals surface area contributed by atoms with E-state index >= 15 is 0 Å². The molecule has 0 aliphatic carbocycles. The van der Waals surface area contributed by atoms with Gasteiger partial charge in [-0.05, 0) is 11.8 Å². The van der Waals surface area contributed by atoms with Crippen LogP contribution in [0, 0.1) is 10.1 Å². The predicted octanol–water partition coefficient (Wildman–Crippen LogP) is 2.07. The number of hydrogen-bond acceptors (Lipinski definition) is 7. The van der Waals surface area contributed by atoms with Gasteiger partial charge in [0.2, 0.25) is 5.75 Å². The molecule has 11 heteroatoms. The molecule has 0 aliphatic rings. The van der Waals surface area contributed by atoms with Crippen LogP contribution >= 0.6 is 0 Å². The van der Waals surface area contributed by atoms with Crippen LogP contribution in [-0.4, -0.2) is 36.0 Å². The van der Waals surface area contributed by atoms with Gasteiger partial charge in [-0.3, -0.25) is 0 Å². The lowest BCUT2D eigenvalue weighted by Gasteiger charge is -2.10. The van der Waals surface area contributed by atoms with Crippen molar-refractivity contribution in [2.24, 2.45) is 0 Å². The van der Waals surface area contributed by atoms with Crippen molar-refractivity contribution in [3.05, 3.63) is 21.7 Å². The molecular formula is C10H9F3N2O6. The lowest BCUT2D eigenvalue weighted by atomic mass is 10.2. The van der Waals surface area contributed by atoms with Crippen LogP contribution in [0.15, 0.2) is 6.07 Å². The Hall–Kier alpha value is -2.59. The predicted molar refractivity (Wildman–Crippen MR) is 60.1 cm³/mol. The zero-order chi connectivity index (χ0) is 16.2. The van der Waals surface area contributed by atoms with Gasteiger partial charge in [0.05, 0.1) is 13.7 Å². The van der Waals surface area contributed by atoms with Crippen molar-refractivity contribution in [3.63, 3.8) is 0 Å². The van der Waals surface area contributed by atoms with Gasteiger partial charge in [0.25, 0.3) is 0 Å². The largest absolute Gasteiger partial charge is 0.575 e. The number of nitrogens with zero attached hydrogens (tertiary/aromatic N) is 2. The number of alkyl halides is 3. The molecule has 0 amide bonds. The Morgan fingerprint density at radius 3 is 2.52 bits per heavy atom. The summed E-state index contributed by atoms with van der Waals surface area (Å²) in [7, 11) is 0.987. The van der Waals surface area contributed by atoms with E-state index < -0.39 is 40.3 Å². The zero-order valence-electron chi connectivity index (χ0n) is 10.8. The molecule has 0 saturated carbocycles. The molecule has 0 spiro atoms. The summed E-state index contributed by atoms with van der Waals surface area (Å²) in [5.41, 5.74) is -0.645. The number of halogens is 3. The highest BCUT2D eigenvalue weighted by atomic mass is 19.4. The number of carbonyl (C=O) groups excluding carboxylic acids is 1. The standard InChI is InChI=1S/C10H9F3N2O6/c1-3-20-9(16)5-4-6(19-2)8(21-10(11,12)13)14-7(5)15(17)18/h4H,3H2,1-2H3. The molecule has 0 unspecified atom stereocenters. The topological polar surface area (TPSA) is 101 Å². The minimum atomic E-state index is -5.13. The molecule has 1 aromatic rings. The van der Waals surface area contributed by atoms with Gasteiger partial charge in [-0.15, -0.1) is 13.2 Å². The van der Waals surface area contributed by atoms with Gasteiger partial charge >= 0.3 is 24.0 Å². The normalized spacial score (nSPS) is 10.9. The molecular weight excluding hydrogens is 301 g/mol. The van der Waals surface area contributed by atoms with Crippen LogP contribution in [0.3, 0.4) is 0 Å². The molecule has 0 N–H and O–H groups in total. The molecule has 0 atom stereocenters. The average molecular weight is 310 g/mol. The van der Waals surface area contributed by atoms with Crippen molar-refractivity contribution < 1.29 is 37.1 Å². The van der Waals surface area contributed by atoms with Crippen LogP contribution in [0.25, 0.3) is 0 Å². The molecule has 8 nitrogen and oxygen atoms in total. The van der Waals surface area contributed by atoms with Crippen molar-refractivity contribution >= 4 is 11.8 Å². The van der Waals surface area contributed by atoms with Crippen LogP contribution in [0.4, 0.5) is 19.0 Å². The number of pyridine rings is 1. The van der Waals surface area contributed by atoms with Crippen LogP contribution in [-0.2, 0) is 4.74 Å². The third-order valence-electron chi connectivity index (χ3n) is 2.04. The molecule has 21 heavy (non-hydrogen) atoms. The number of hydrogen-bond donors (Lipinski definition) is 0. The van der Waals surface area contributed by atoms with Gasteiger partial charge in [0, 0.05) is 11.1 Å². The SMILES string of the molecule is CCOC(=O)c1cc(OC)c(OC(F)(F)F)nc1[N+](=O)[O-]. The molecule has 1 heterocycles. The summed E-state index contributed by atoms with van der Waals surface area (Å²) < 4.78 is 49.2. The Morgan fingerprint density at radius 1 is 1.48 bits per heavy atom. The molecule has 116 valence electrons. The number of methoxy groups -OCH3 is 1. The first-order chi connectivity index (χ1) is 9.69. The molecule has 0 saturated heterocycles. The summed E-state index contributed by atoms with van der Waals surface area (Å²) >= 11 is 0. The summed E-state index contributed by atoms with van der Waals surface area (Å²) in [6, 6.07) is 0.699. The third kappa shape index (κ3) is 4.19. The third-order valence-corrected chi connectivity index (χ3v) is 2.04. The van der Waals surface area contributed by atoms with Crippen LogP contribution < -0.4 is 9.47 Å². The number of nitro groups is 1. The van der Waals surface area contributed by atoms with Crippen molar-refractivity contribution in [2.45, 2.75) is 13.3 Å². The minimum absolute atomic E-state index is 0.0842. The minimum Gasteiger partial charge on any atom is -0.489 e. The lowest BCUT2D eigenvalue weighted by Crippen LogP contribution is -2.19. The van der Waals surface area contributed by atoms with Crippen molar-refractivity contribution in [1.82, 2.24) is 4.98 Å². The summed E-state index contributed by atoms with van der Waals surface area (Å²) in [6.45, 7) is 1.37. The van der Waals surface area contributed by atoms with E-state index in [0.717, 1.165) is 7.11 Å². The lowest BCUT2D eigenvalue weighted by molar-refractivity contribution is -0.390. The molecule has 0 aromatic carbocycles. The molecule has 0 fully saturated rings. The van der Waals surface area contributed by atoms with Gasteiger partial charge < -0.3 is 24.3 Å². The molecule has 1 rings (SSSR count). The van der Waals surface area contributed by atoms with Crippen molar-refractivity contribution in [1.29, 1.82) is 0 Å². The highest BCUT2D eigenvalue weighted by Gasteiger charge is 2.38. The Morgan fingerprint density at radius 2 is 2.10 bits per heavy atom. The summed E-state index contributed by atoms with van der Waals surface area (Å²) in [4.78, 5) is 24.3. The van der Waals surface area contributed by atoms with Gasteiger partial charge in [-0.1, -0.05) is 0 Å². The Kier molecular flexibility index (Phi) is 4.89. The van der Waals surface area contributed by atoms with Gasteiger partial charge in [0.1, 0.15) is 0 Å². The Labute approximate surface area is 115 Å². The van der Waals surface area contributed by atoms with E-state index in [0.29, 0.717) is 6.07 Å². The molecule has 1 aromatic heterocycles. The number of carbonyl (C=O) groups is 1. The first kappa shape index (κ1) is 16.5. The average Bonchev–Trinajstić information content (AvgIpc) is 2.36.